The van der Waals surface area contributed by atoms with Crippen LogP contribution in [-0.2, 0) is 9.53 Å². The Bertz CT molecular complexity index is 902. The van der Waals surface area contributed by atoms with Gasteiger partial charge in [-0.1, -0.05) is 29.8 Å². The number of furan rings is 1. The highest BCUT2D eigenvalue weighted by molar-refractivity contribution is 9.10. The van der Waals surface area contributed by atoms with Gasteiger partial charge in [0.15, 0.2) is 0 Å². The fourth-order valence-corrected chi connectivity index (χ4v) is 3.08. The van der Waals surface area contributed by atoms with E-state index in [0.717, 1.165) is 4.47 Å². The van der Waals surface area contributed by atoms with Crippen LogP contribution in [0.1, 0.15) is 24.4 Å². The highest BCUT2D eigenvalue weighted by Gasteiger charge is 2.37. The number of primary amides is 1. The van der Waals surface area contributed by atoms with Crippen molar-refractivity contribution in [2.75, 3.05) is 25.0 Å². The van der Waals surface area contributed by atoms with E-state index < -0.39 is 17.9 Å². The van der Waals surface area contributed by atoms with Gasteiger partial charge in [-0.3, -0.25) is 9.59 Å². The van der Waals surface area contributed by atoms with Crippen molar-refractivity contribution in [1.82, 2.24) is 4.90 Å². The highest BCUT2D eigenvalue weighted by Crippen LogP contribution is 2.33. The molecule has 8 nitrogen and oxygen atoms in total. The van der Waals surface area contributed by atoms with Gasteiger partial charge in [-0.15, -0.1) is 0 Å². The van der Waals surface area contributed by atoms with Crippen LogP contribution in [0, 0.1) is 11.8 Å². The Kier molecular flexibility index (Phi) is 5.41. The predicted molar refractivity (Wildman–Crippen MR) is 102 cm³/mol. The largest absolute Gasteiger partial charge is 0.449 e. The van der Waals surface area contributed by atoms with Gasteiger partial charge in [0.25, 0.3) is 5.91 Å². The summed E-state index contributed by atoms with van der Waals surface area (Å²) in [6.07, 6.45) is -0.428. The Morgan fingerprint density at radius 3 is 2.70 bits per heavy atom. The summed E-state index contributed by atoms with van der Waals surface area (Å²) in [5, 5.41) is 3.29. The molecule has 0 saturated carbocycles. The SMILES string of the molecule is CC(C)COC(=O)N1CC(C(=O)Nc2c(C(N)=O)oc3ccc(Br)cc23)C1. The number of carbonyl (C=O) groups excluding carboxylic acids is 3. The molecule has 2 heterocycles. The second-order valence-corrected chi connectivity index (χ2v) is 7.79. The van der Waals surface area contributed by atoms with E-state index >= 15 is 0 Å². The van der Waals surface area contributed by atoms with Gasteiger partial charge in [0.2, 0.25) is 11.7 Å². The Hall–Kier alpha value is -2.55. The third kappa shape index (κ3) is 4.08. The normalized spacial score (nSPS) is 14.3. The zero-order chi connectivity index (χ0) is 19.7. The van der Waals surface area contributed by atoms with Crippen LogP contribution in [0.3, 0.4) is 0 Å². The van der Waals surface area contributed by atoms with Gasteiger partial charge in [0.05, 0.1) is 12.5 Å². The van der Waals surface area contributed by atoms with Crippen LogP contribution in [0.25, 0.3) is 11.0 Å². The molecule has 1 saturated heterocycles. The number of carbonyl (C=O) groups is 3. The molecule has 1 aliphatic rings. The topological polar surface area (TPSA) is 115 Å². The lowest BCUT2D eigenvalue weighted by atomic mass is 9.99. The monoisotopic (exact) mass is 437 g/mol. The summed E-state index contributed by atoms with van der Waals surface area (Å²) in [6.45, 7) is 4.75. The quantitative estimate of drug-likeness (QED) is 0.745. The van der Waals surface area contributed by atoms with Gasteiger partial charge in [-0.2, -0.15) is 0 Å². The lowest BCUT2D eigenvalue weighted by Gasteiger charge is -2.37. The van der Waals surface area contributed by atoms with E-state index in [1.807, 2.05) is 13.8 Å². The smallest absolute Gasteiger partial charge is 0.409 e. The molecule has 0 bridgehead atoms. The van der Waals surface area contributed by atoms with Gasteiger partial charge in [0, 0.05) is 22.9 Å². The van der Waals surface area contributed by atoms with E-state index in [9.17, 15) is 14.4 Å². The summed E-state index contributed by atoms with van der Waals surface area (Å²) in [5.74, 6) is -1.34. The number of amides is 3. The zero-order valence-corrected chi connectivity index (χ0v) is 16.5. The maximum Gasteiger partial charge on any atom is 0.409 e. The van der Waals surface area contributed by atoms with Gasteiger partial charge in [-0.25, -0.2) is 4.79 Å². The molecular weight excluding hydrogens is 418 g/mol. The number of nitrogens with two attached hydrogens (primary N) is 1. The summed E-state index contributed by atoms with van der Waals surface area (Å²) in [4.78, 5) is 37.5. The fourth-order valence-electron chi connectivity index (χ4n) is 2.72. The van der Waals surface area contributed by atoms with Gasteiger partial charge >= 0.3 is 6.09 Å². The molecule has 3 N–H and O–H groups in total. The minimum Gasteiger partial charge on any atom is -0.449 e. The molecule has 3 amide bonds. The third-order valence-electron chi connectivity index (χ3n) is 4.17. The minimum absolute atomic E-state index is 0.107. The molecule has 0 radical (unpaired) electrons. The van der Waals surface area contributed by atoms with Crippen molar-refractivity contribution in [3.63, 3.8) is 0 Å². The van der Waals surface area contributed by atoms with Crippen LogP contribution in [-0.4, -0.2) is 42.5 Å². The lowest BCUT2D eigenvalue weighted by Crippen LogP contribution is -2.54. The Morgan fingerprint density at radius 1 is 1.37 bits per heavy atom. The second kappa shape index (κ2) is 7.59. The van der Waals surface area contributed by atoms with E-state index in [1.54, 1.807) is 18.2 Å². The van der Waals surface area contributed by atoms with Crippen molar-refractivity contribution in [2.45, 2.75) is 13.8 Å². The molecule has 0 unspecified atom stereocenters. The second-order valence-electron chi connectivity index (χ2n) is 6.87. The van der Waals surface area contributed by atoms with Crippen LogP contribution >= 0.6 is 15.9 Å². The van der Waals surface area contributed by atoms with E-state index in [2.05, 4.69) is 21.2 Å². The molecule has 27 heavy (non-hydrogen) atoms. The summed E-state index contributed by atoms with van der Waals surface area (Å²) >= 11 is 3.35. The first kappa shape index (κ1) is 19.2. The molecule has 1 aromatic heterocycles. The first-order chi connectivity index (χ1) is 12.8. The van der Waals surface area contributed by atoms with Crippen molar-refractivity contribution in [3.8, 4) is 0 Å². The predicted octanol–water partition coefficient (Wildman–Crippen LogP) is 2.96. The number of nitrogens with one attached hydrogen (secondary N) is 1. The minimum atomic E-state index is -0.773. The van der Waals surface area contributed by atoms with E-state index in [4.69, 9.17) is 14.9 Å². The molecule has 144 valence electrons. The molecule has 1 aliphatic heterocycles. The third-order valence-corrected chi connectivity index (χ3v) is 4.67. The number of benzene rings is 1. The Balaban J connectivity index is 1.69. The number of rotatable bonds is 5. The van der Waals surface area contributed by atoms with Crippen molar-refractivity contribution < 1.29 is 23.5 Å². The number of likely N-dealkylation sites (tertiary alicyclic amines) is 1. The average molecular weight is 438 g/mol. The first-order valence-corrected chi connectivity index (χ1v) is 9.30. The van der Waals surface area contributed by atoms with E-state index in [0.29, 0.717) is 17.6 Å². The van der Waals surface area contributed by atoms with Crippen LogP contribution in [0.5, 0.6) is 0 Å². The number of hydrogen-bond acceptors (Lipinski definition) is 5. The van der Waals surface area contributed by atoms with Gasteiger partial charge < -0.3 is 25.1 Å². The molecule has 1 fully saturated rings. The van der Waals surface area contributed by atoms with Crippen molar-refractivity contribution in [1.29, 1.82) is 0 Å². The van der Waals surface area contributed by atoms with Crippen molar-refractivity contribution in [3.05, 3.63) is 28.4 Å². The molecule has 0 aliphatic carbocycles. The van der Waals surface area contributed by atoms with Crippen LogP contribution in [0.15, 0.2) is 27.1 Å². The molecule has 0 spiro atoms. The van der Waals surface area contributed by atoms with Crippen LogP contribution in [0.4, 0.5) is 10.5 Å². The molecule has 2 aromatic rings. The number of fused-ring (bicyclic) bond motifs is 1. The number of ether oxygens (including phenoxy) is 1. The molecular formula is C18H20BrN3O5. The molecule has 0 atom stereocenters. The van der Waals surface area contributed by atoms with Crippen LogP contribution < -0.4 is 11.1 Å². The standard InChI is InChI=1S/C18H20BrN3O5/c1-9(2)8-26-18(25)22-6-10(7-22)17(24)21-14-12-5-11(19)3-4-13(12)27-15(14)16(20)23/h3-5,9-10H,6-8H2,1-2H3,(H2,20,23)(H,21,24). The maximum absolute atomic E-state index is 12.5. The van der Waals surface area contributed by atoms with Crippen LogP contribution in [0.2, 0.25) is 0 Å². The number of anilines is 1. The lowest BCUT2D eigenvalue weighted by molar-refractivity contribution is -0.124. The molecule has 1 aromatic carbocycles. The highest BCUT2D eigenvalue weighted by atomic mass is 79.9. The Morgan fingerprint density at radius 2 is 2.07 bits per heavy atom. The summed E-state index contributed by atoms with van der Waals surface area (Å²) in [5.41, 5.74) is 6.05. The summed E-state index contributed by atoms with van der Waals surface area (Å²) < 4.78 is 11.4. The summed E-state index contributed by atoms with van der Waals surface area (Å²) in [7, 11) is 0. The van der Waals surface area contributed by atoms with E-state index in [-0.39, 0.29) is 36.4 Å². The maximum atomic E-state index is 12.5. The van der Waals surface area contributed by atoms with Gasteiger partial charge in [-0.05, 0) is 24.1 Å². The number of halogens is 1. The zero-order valence-electron chi connectivity index (χ0n) is 15.0. The van der Waals surface area contributed by atoms with E-state index in [1.165, 1.54) is 4.90 Å². The number of hydrogen-bond donors (Lipinski definition) is 2. The number of nitrogens with zero attached hydrogens (tertiary/aromatic N) is 1. The van der Waals surface area contributed by atoms with Crippen molar-refractivity contribution in [2.24, 2.45) is 17.6 Å². The molecule has 3 rings (SSSR count). The Labute approximate surface area is 164 Å². The van der Waals surface area contributed by atoms with Gasteiger partial charge in [0.1, 0.15) is 11.3 Å². The molecule has 9 heteroatoms. The van der Waals surface area contributed by atoms with Crippen molar-refractivity contribution >= 4 is 50.5 Å². The fraction of sp³-hybridized carbons (Fsp3) is 0.389. The average Bonchev–Trinajstić information content (AvgIpc) is 2.89. The first-order valence-electron chi connectivity index (χ1n) is 8.50. The summed E-state index contributed by atoms with van der Waals surface area (Å²) in [6, 6.07) is 5.17.